The molecule has 2 atom stereocenters. The van der Waals surface area contributed by atoms with Gasteiger partial charge in [-0.3, -0.25) is 14.4 Å². The van der Waals surface area contributed by atoms with Gasteiger partial charge in [0.05, 0.1) is 27.2 Å². The number of amides is 3. The molecule has 17 heteroatoms. The Balaban J connectivity index is 1.51. The molecule has 228 valence electrons. The molecule has 1 unspecified atom stereocenters. The van der Waals surface area contributed by atoms with Crippen LogP contribution in [-0.2, 0) is 9.59 Å². The maximum absolute atomic E-state index is 14.9. The van der Waals surface area contributed by atoms with Gasteiger partial charge in [-0.1, -0.05) is 29.3 Å². The third-order valence-corrected chi connectivity index (χ3v) is 7.83. The Morgan fingerprint density at radius 2 is 1.49 bits per heavy atom. The maximum Gasteiger partial charge on any atom is 0.383 e. The molecule has 4 rings (SSSR count). The van der Waals surface area contributed by atoms with Crippen molar-refractivity contribution in [3.8, 4) is 0 Å². The number of hydrogen-bond donors (Lipinski definition) is 3. The number of halogens is 11. The van der Waals surface area contributed by atoms with Gasteiger partial charge in [-0.05, 0) is 48.0 Å². The van der Waals surface area contributed by atoms with E-state index in [0.29, 0.717) is 17.7 Å². The first-order valence-electron chi connectivity index (χ1n) is 11.7. The van der Waals surface area contributed by atoms with Crippen LogP contribution in [0.3, 0.4) is 0 Å². The van der Waals surface area contributed by atoms with Crippen LogP contribution in [0.15, 0.2) is 48.5 Å². The summed E-state index contributed by atoms with van der Waals surface area (Å²) in [6.07, 6.45) is -4.46. The molecule has 1 saturated carbocycles. The number of carbonyl (C=O) groups excluding carboxylic acids is 3. The molecule has 0 bridgehead atoms. The van der Waals surface area contributed by atoms with Gasteiger partial charge in [0.2, 0.25) is 5.91 Å². The Bertz CT molecular complexity index is 1640. The molecule has 0 saturated heterocycles. The number of benzene rings is 3. The van der Waals surface area contributed by atoms with Gasteiger partial charge in [0.15, 0.2) is 5.82 Å². The van der Waals surface area contributed by atoms with Crippen LogP contribution in [-0.4, -0.2) is 34.4 Å². The molecular weight excluding hydrogens is 677 g/mol. The van der Waals surface area contributed by atoms with Crippen LogP contribution >= 0.6 is 46.4 Å². The van der Waals surface area contributed by atoms with Crippen molar-refractivity contribution < 1.29 is 45.1 Å². The number of rotatable bonds is 8. The number of nitrogens with one attached hydrogen (secondary N) is 3. The van der Waals surface area contributed by atoms with Gasteiger partial charge in [0.1, 0.15) is 21.7 Å². The van der Waals surface area contributed by atoms with E-state index >= 15 is 0 Å². The summed E-state index contributed by atoms with van der Waals surface area (Å²) in [5.41, 5.74) is -2.35. The number of alkyl halides is 6. The molecule has 3 aromatic carbocycles. The molecule has 3 aromatic rings. The fraction of sp³-hybridized carbons (Fsp3) is 0.192. The third-order valence-electron chi connectivity index (χ3n) is 6.27. The summed E-state index contributed by atoms with van der Waals surface area (Å²) in [6.45, 7) is 0. The molecule has 6 nitrogen and oxygen atoms in total. The second kappa shape index (κ2) is 12.0. The highest BCUT2D eigenvalue weighted by molar-refractivity contribution is 6.53. The lowest BCUT2D eigenvalue weighted by Gasteiger charge is -2.17. The lowest BCUT2D eigenvalue weighted by atomic mass is 10.1. The van der Waals surface area contributed by atoms with Gasteiger partial charge >= 0.3 is 18.3 Å². The van der Waals surface area contributed by atoms with E-state index in [9.17, 15) is 45.1 Å². The lowest BCUT2D eigenvalue weighted by molar-refractivity contribution is -0.163. The van der Waals surface area contributed by atoms with Crippen LogP contribution in [0.5, 0.6) is 0 Å². The smallest absolute Gasteiger partial charge is 0.326 e. The second-order valence-electron chi connectivity index (χ2n) is 9.10. The zero-order valence-corrected chi connectivity index (χ0v) is 23.8. The van der Waals surface area contributed by atoms with E-state index < -0.39 is 75.1 Å². The number of carbonyl (C=O) groups is 3. The Labute approximate surface area is 257 Å². The number of anilines is 3. The highest BCUT2D eigenvalue weighted by Gasteiger charge is 2.67. The van der Waals surface area contributed by atoms with Crippen molar-refractivity contribution in [2.75, 3.05) is 16.0 Å². The minimum Gasteiger partial charge on any atom is -0.326 e. The third kappa shape index (κ3) is 6.49. The minimum atomic E-state index is -5.27. The minimum absolute atomic E-state index is 0.00627. The van der Waals surface area contributed by atoms with Gasteiger partial charge in [-0.15, -0.1) is 23.2 Å². The first-order chi connectivity index (χ1) is 20.0. The van der Waals surface area contributed by atoms with E-state index in [4.69, 9.17) is 46.4 Å². The van der Waals surface area contributed by atoms with Gasteiger partial charge in [-0.2, -0.15) is 8.78 Å². The maximum atomic E-state index is 14.9. The molecule has 1 aliphatic carbocycles. The Morgan fingerprint density at radius 1 is 0.837 bits per heavy atom. The van der Waals surface area contributed by atoms with Crippen molar-refractivity contribution in [3.05, 3.63) is 87.2 Å². The van der Waals surface area contributed by atoms with E-state index in [1.807, 2.05) is 5.32 Å². The highest BCUT2D eigenvalue weighted by atomic mass is 35.5. The summed E-state index contributed by atoms with van der Waals surface area (Å²) in [4.78, 5) is 37.3. The van der Waals surface area contributed by atoms with Crippen molar-refractivity contribution in [1.82, 2.24) is 0 Å². The SMILES string of the molecule is O=C(Nc1ccc(F)c(NC(=O)C(F)(F)C(F)F)c1F)c1cc(NC(=O)[C@H]2C(c3ccc(F)c(Cl)c3)C2(Cl)Cl)ccc1Cl. The quantitative estimate of drug-likeness (QED) is 0.165. The van der Waals surface area contributed by atoms with Crippen molar-refractivity contribution in [2.45, 2.75) is 22.6 Å². The van der Waals surface area contributed by atoms with Crippen LogP contribution in [0, 0.1) is 23.4 Å². The fourth-order valence-electron chi connectivity index (χ4n) is 4.02. The van der Waals surface area contributed by atoms with Crippen LogP contribution in [0.25, 0.3) is 0 Å². The molecule has 43 heavy (non-hydrogen) atoms. The molecular formula is C26H14Cl4F7N3O3. The average molecular weight is 691 g/mol. The molecule has 0 heterocycles. The summed E-state index contributed by atoms with van der Waals surface area (Å²) in [5.74, 6) is -15.6. The van der Waals surface area contributed by atoms with Crippen LogP contribution < -0.4 is 16.0 Å². The first kappa shape index (κ1) is 32.6. The van der Waals surface area contributed by atoms with Crippen LogP contribution in [0.1, 0.15) is 21.8 Å². The fourth-order valence-corrected chi connectivity index (χ4v) is 5.24. The Hall–Kier alpha value is -3.26. The zero-order chi connectivity index (χ0) is 32.0. The van der Waals surface area contributed by atoms with Crippen molar-refractivity contribution >= 4 is 81.2 Å². The molecule has 1 fully saturated rings. The predicted octanol–water partition coefficient (Wildman–Crippen LogP) is 8.03. The monoisotopic (exact) mass is 689 g/mol. The van der Waals surface area contributed by atoms with E-state index in [1.165, 1.54) is 24.3 Å². The summed E-state index contributed by atoms with van der Waals surface area (Å²) in [7, 11) is 0. The molecule has 3 amide bonds. The normalized spacial score (nSPS) is 17.4. The average Bonchev–Trinajstić information content (AvgIpc) is 3.52. The lowest BCUT2D eigenvalue weighted by Crippen LogP contribution is -2.41. The van der Waals surface area contributed by atoms with Gasteiger partial charge in [-0.25, -0.2) is 22.0 Å². The van der Waals surface area contributed by atoms with Gasteiger partial charge < -0.3 is 16.0 Å². The predicted molar refractivity (Wildman–Crippen MR) is 146 cm³/mol. The Kier molecular flexibility index (Phi) is 9.13. The van der Waals surface area contributed by atoms with E-state index in [0.717, 1.165) is 17.4 Å². The van der Waals surface area contributed by atoms with Gasteiger partial charge in [0.25, 0.3) is 5.91 Å². The van der Waals surface area contributed by atoms with Gasteiger partial charge in [0, 0.05) is 11.6 Å². The highest BCUT2D eigenvalue weighted by Crippen LogP contribution is 2.65. The number of hydrogen-bond acceptors (Lipinski definition) is 3. The molecule has 0 aliphatic heterocycles. The van der Waals surface area contributed by atoms with Crippen LogP contribution in [0.4, 0.5) is 47.8 Å². The standard InChI is InChI=1S/C26H14Cl4F7N3O3/c27-12-3-2-10(38-22(42)18-17(25(18,29)30)9-1-4-14(31)13(28)7-9)8-11(12)21(41)39-16-6-5-15(32)20(19(16)33)40-24(43)26(36,37)23(34)35/h1-8,17-18,23H,(H,38,42)(H,39,41)(H,40,43)/t17?,18-/m1/s1. The molecule has 1 aliphatic rings. The topological polar surface area (TPSA) is 87.3 Å². The van der Waals surface area contributed by atoms with E-state index in [-0.39, 0.29) is 21.3 Å². The molecule has 3 N–H and O–H groups in total. The Morgan fingerprint density at radius 3 is 2.12 bits per heavy atom. The molecule has 0 radical (unpaired) electrons. The van der Waals surface area contributed by atoms with Crippen molar-refractivity contribution in [2.24, 2.45) is 5.92 Å². The van der Waals surface area contributed by atoms with E-state index in [1.54, 1.807) is 0 Å². The van der Waals surface area contributed by atoms with E-state index in [2.05, 4.69) is 5.32 Å². The van der Waals surface area contributed by atoms with Crippen molar-refractivity contribution in [3.63, 3.8) is 0 Å². The zero-order valence-electron chi connectivity index (χ0n) is 20.7. The van der Waals surface area contributed by atoms with Crippen molar-refractivity contribution in [1.29, 1.82) is 0 Å². The second-order valence-corrected chi connectivity index (χ2v) is 11.4. The summed E-state index contributed by atoms with van der Waals surface area (Å²) in [5, 5.41) is 5.10. The summed E-state index contributed by atoms with van der Waals surface area (Å²) in [6, 6.07) is 8.40. The molecule has 0 spiro atoms. The van der Waals surface area contributed by atoms with Crippen LogP contribution in [0.2, 0.25) is 10.0 Å². The summed E-state index contributed by atoms with van der Waals surface area (Å²) < 4.78 is 92.3. The summed E-state index contributed by atoms with van der Waals surface area (Å²) >= 11 is 24.4. The first-order valence-corrected chi connectivity index (χ1v) is 13.2. The molecule has 0 aromatic heterocycles. The largest absolute Gasteiger partial charge is 0.383 e.